The molecule has 56 valence electrons. The largest absolute Gasteiger partial charge is 0.388 e. The van der Waals surface area contributed by atoms with E-state index in [2.05, 4.69) is 5.32 Å². The molecule has 0 spiro atoms. The summed E-state index contributed by atoms with van der Waals surface area (Å²) in [7, 11) is 0. The maximum atomic E-state index is 10.6. The minimum atomic E-state index is 0.143. The van der Waals surface area contributed by atoms with Crippen LogP contribution in [0.1, 0.15) is 26.2 Å². The lowest BCUT2D eigenvalue weighted by Crippen LogP contribution is -2.20. The van der Waals surface area contributed by atoms with E-state index in [0.29, 0.717) is 0 Å². The molecule has 1 fully saturated rings. The summed E-state index contributed by atoms with van der Waals surface area (Å²) in [5, 5.41) is 3.19. The molecule has 0 atom stereocenters. The molecule has 0 saturated carbocycles. The number of carbonyl (C=O) groups excluding carboxylic acids is 1. The Labute approximate surface area is 61.3 Å². The zero-order chi connectivity index (χ0) is 7.40. The smallest absolute Gasteiger partial charge is 0.154 e. The van der Waals surface area contributed by atoms with Crippen LogP contribution in [0.5, 0.6) is 0 Å². The standard InChI is InChI=1S/C8H13NO/c1-7(10)6-8-4-2-3-5-9-8/h6,9H,2-5H2,1H3/b8-6+. The van der Waals surface area contributed by atoms with Crippen LogP contribution in [0.25, 0.3) is 0 Å². The van der Waals surface area contributed by atoms with E-state index in [0.717, 1.165) is 18.7 Å². The summed E-state index contributed by atoms with van der Waals surface area (Å²) in [5.74, 6) is 0.143. The van der Waals surface area contributed by atoms with Crippen LogP contribution in [0.2, 0.25) is 0 Å². The van der Waals surface area contributed by atoms with Crippen molar-refractivity contribution in [1.29, 1.82) is 0 Å². The summed E-state index contributed by atoms with van der Waals surface area (Å²) in [6, 6.07) is 0. The van der Waals surface area contributed by atoms with Crippen LogP contribution in [0.4, 0.5) is 0 Å². The minimum Gasteiger partial charge on any atom is -0.388 e. The van der Waals surface area contributed by atoms with E-state index in [9.17, 15) is 4.79 Å². The second kappa shape index (κ2) is 3.40. The predicted octanol–water partition coefficient (Wildman–Crippen LogP) is 1.23. The number of piperidine rings is 1. The lowest BCUT2D eigenvalue weighted by molar-refractivity contribution is -0.112. The van der Waals surface area contributed by atoms with Gasteiger partial charge in [0.05, 0.1) is 0 Å². The van der Waals surface area contributed by atoms with Gasteiger partial charge in [0.25, 0.3) is 0 Å². The Morgan fingerprint density at radius 3 is 2.90 bits per heavy atom. The minimum absolute atomic E-state index is 0.143. The average molecular weight is 139 g/mol. The van der Waals surface area contributed by atoms with Gasteiger partial charge in [-0.05, 0) is 32.3 Å². The van der Waals surface area contributed by atoms with Crippen molar-refractivity contribution >= 4 is 5.78 Å². The van der Waals surface area contributed by atoms with Crippen molar-refractivity contribution in [3.63, 3.8) is 0 Å². The molecular weight excluding hydrogens is 126 g/mol. The van der Waals surface area contributed by atoms with Gasteiger partial charge in [-0.3, -0.25) is 4.79 Å². The molecule has 1 rings (SSSR count). The van der Waals surface area contributed by atoms with Gasteiger partial charge in [0.15, 0.2) is 5.78 Å². The molecule has 2 nitrogen and oxygen atoms in total. The first-order chi connectivity index (χ1) is 4.79. The van der Waals surface area contributed by atoms with Gasteiger partial charge in [-0.1, -0.05) is 0 Å². The van der Waals surface area contributed by atoms with Crippen LogP contribution in [0.15, 0.2) is 11.8 Å². The summed E-state index contributed by atoms with van der Waals surface area (Å²) in [6.45, 7) is 2.61. The molecule has 0 unspecified atom stereocenters. The van der Waals surface area contributed by atoms with E-state index >= 15 is 0 Å². The van der Waals surface area contributed by atoms with Gasteiger partial charge in [-0.15, -0.1) is 0 Å². The molecule has 2 heteroatoms. The van der Waals surface area contributed by atoms with E-state index in [4.69, 9.17) is 0 Å². The van der Waals surface area contributed by atoms with Gasteiger partial charge in [0.1, 0.15) is 0 Å². The highest BCUT2D eigenvalue weighted by Gasteiger charge is 2.03. The summed E-state index contributed by atoms with van der Waals surface area (Å²) >= 11 is 0. The second-order valence-electron chi connectivity index (χ2n) is 2.66. The number of allylic oxidation sites excluding steroid dienone is 2. The molecule has 1 aliphatic rings. The van der Waals surface area contributed by atoms with Gasteiger partial charge in [-0.2, -0.15) is 0 Å². The van der Waals surface area contributed by atoms with Crippen LogP contribution in [0.3, 0.4) is 0 Å². The zero-order valence-electron chi connectivity index (χ0n) is 6.31. The van der Waals surface area contributed by atoms with E-state index < -0.39 is 0 Å². The Bertz CT molecular complexity index is 153. The van der Waals surface area contributed by atoms with Crippen LogP contribution in [-0.2, 0) is 4.79 Å². The van der Waals surface area contributed by atoms with Crippen molar-refractivity contribution < 1.29 is 4.79 Å². The Kier molecular flexibility index (Phi) is 2.49. The van der Waals surface area contributed by atoms with E-state index in [1.54, 1.807) is 13.0 Å². The summed E-state index contributed by atoms with van der Waals surface area (Å²) < 4.78 is 0. The Balaban J connectivity index is 2.45. The third kappa shape index (κ3) is 2.21. The number of nitrogens with one attached hydrogen (secondary N) is 1. The quantitative estimate of drug-likeness (QED) is 0.554. The Morgan fingerprint density at radius 2 is 2.40 bits per heavy atom. The number of hydrogen-bond acceptors (Lipinski definition) is 2. The fourth-order valence-corrected chi connectivity index (χ4v) is 1.15. The fourth-order valence-electron chi connectivity index (χ4n) is 1.15. The van der Waals surface area contributed by atoms with Crippen LogP contribution in [0, 0.1) is 0 Å². The molecule has 1 heterocycles. The molecule has 0 aliphatic carbocycles. The predicted molar refractivity (Wildman–Crippen MR) is 40.6 cm³/mol. The molecule has 0 amide bonds. The number of ketones is 1. The van der Waals surface area contributed by atoms with Crippen LogP contribution >= 0.6 is 0 Å². The third-order valence-electron chi connectivity index (χ3n) is 1.60. The van der Waals surface area contributed by atoms with Crippen molar-refractivity contribution in [2.24, 2.45) is 0 Å². The maximum Gasteiger partial charge on any atom is 0.154 e. The monoisotopic (exact) mass is 139 g/mol. The van der Waals surface area contributed by atoms with E-state index in [1.165, 1.54) is 12.8 Å². The van der Waals surface area contributed by atoms with Gasteiger partial charge in [0.2, 0.25) is 0 Å². The van der Waals surface area contributed by atoms with Crippen LogP contribution in [-0.4, -0.2) is 12.3 Å². The third-order valence-corrected chi connectivity index (χ3v) is 1.60. The van der Waals surface area contributed by atoms with Crippen molar-refractivity contribution in [2.75, 3.05) is 6.54 Å². The van der Waals surface area contributed by atoms with Crippen molar-refractivity contribution in [1.82, 2.24) is 5.32 Å². The second-order valence-corrected chi connectivity index (χ2v) is 2.66. The van der Waals surface area contributed by atoms with Crippen molar-refractivity contribution in [3.8, 4) is 0 Å². The first-order valence-corrected chi connectivity index (χ1v) is 3.74. The number of hydrogen-bond donors (Lipinski definition) is 1. The molecule has 10 heavy (non-hydrogen) atoms. The van der Waals surface area contributed by atoms with Crippen LogP contribution < -0.4 is 5.32 Å². The Hall–Kier alpha value is -0.790. The fraction of sp³-hybridized carbons (Fsp3) is 0.625. The molecule has 0 bridgehead atoms. The normalized spacial score (nSPS) is 22.3. The van der Waals surface area contributed by atoms with Gasteiger partial charge in [-0.25, -0.2) is 0 Å². The zero-order valence-corrected chi connectivity index (χ0v) is 6.31. The Morgan fingerprint density at radius 1 is 1.60 bits per heavy atom. The van der Waals surface area contributed by atoms with Crippen molar-refractivity contribution in [3.05, 3.63) is 11.8 Å². The average Bonchev–Trinajstić information content (AvgIpc) is 1.88. The molecule has 0 aromatic rings. The SMILES string of the molecule is CC(=O)/C=C1\CCCCN1. The van der Waals surface area contributed by atoms with Gasteiger partial charge < -0.3 is 5.32 Å². The molecule has 0 aromatic heterocycles. The highest BCUT2D eigenvalue weighted by atomic mass is 16.1. The molecule has 1 saturated heterocycles. The molecule has 1 aliphatic heterocycles. The highest BCUT2D eigenvalue weighted by Crippen LogP contribution is 2.09. The van der Waals surface area contributed by atoms with E-state index in [1.807, 2.05) is 0 Å². The first kappa shape index (κ1) is 7.32. The first-order valence-electron chi connectivity index (χ1n) is 3.74. The molecule has 1 N–H and O–H groups in total. The van der Waals surface area contributed by atoms with Crippen molar-refractivity contribution in [2.45, 2.75) is 26.2 Å². The number of rotatable bonds is 1. The molecular formula is C8H13NO. The summed E-state index contributed by atoms with van der Waals surface area (Å²) in [6.07, 6.45) is 5.18. The van der Waals surface area contributed by atoms with Gasteiger partial charge in [0, 0.05) is 12.2 Å². The molecule has 0 aromatic carbocycles. The maximum absolute atomic E-state index is 10.6. The summed E-state index contributed by atoms with van der Waals surface area (Å²) in [4.78, 5) is 10.6. The van der Waals surface area contributed by atoms with Gasteiger partial charge >= 0.3 is 0 Å². The number of carbonyl (C=O) groups is 1. The van der Waals surface area contributed by atoms with E-state index in [-0.39, 0.29) is 5.78 Å². The lowest BCUT2D eigenvalue weighted by atomic mass is 10.1. The molecule has 0 radical (unpaired) electrons. The highest BCUT2D eigenvalue weighted by molar-refractivity contribution is 5.87. The topological polar surface area (TPSA) is 29.1 Å². The lowest BCUT2D eigenvalue weighted by Gasteiger charge is -2.15. The summed E-state index contributed by atoms with van der Waals surface area (Å²) in [5.41, 5.74) is 1.11.